The molecule has 0 aliphatic heterocycles. The molecule has 0 bridgehead atoms. The van der Waals surface area contributed by atoms with Crippen LogP contribution >= 0.6 is 0 Å². The Morgan fingerprint density at radius 3 is 2.52 bits per heavy atom. The van der Waals surface area contributed by atoms with Gasteiger partial charge in [0.15, 0.2) is 22.9 Å². The van der Waals surface area contributed by atoms with Crippen molar-refractivity contribution in [1.29, 1.82) is 5.26 Å². The summed E-state index contributed by atoms with van der Waals surface area (Å²) in [4.78, 5) is 24.9. The summed E-state index contributed by atoms with van der Waals surface area (Å²) in [6.07, 6.45) is 1.08. The number of anilines is 1. The summed E-state index contributed by atoms with van der Waals surface area (Å²) in [7, 11) is 0. The normalized spacial score (nSPS) is 10.4. The second-order valence-electron chi connectivity index (χ2n) is 5.79. The number of aryl methyl sites for hydroxylation is 1. The van der Waals surface area contributed by atoms with Crippen LogP contribution in [0.3, 0.4) is 0 Å². The Kier molecular flexibility index (Phi) is 5.69. The van der Waals surface area contributed by atoms with Crippen molar-refractivity contribution in [3.8, 4) is 11.8 Å². The van der Waals surface area contributed by atoms with Crippen molar-refractivity contribution in [2.75, 3.05) is 11.9 Å². The number of nitrogens with one attached hydrogen (secondary N) is 1. The molecule has 0 unspecified atom stereocenters. The first-order valence-corrected chi connectivity index (χ1v) is 8.80. The lowest BCUT2D eigenvalue weighted by molar-refractivity contribution is 0.0520. The van der Waals surface area contributed by atoms with E-state index in [-0.39, 0.29) is 23.7 Å². The quantitative estimate of drug-likeness (QED) is 0.640. The second-order valence-corrected chi connectivity index (χ2v) is 5.79. The summed E-state index contributed by atoms with van der Waals surface area (Å²) in [5.41, 5.74) is -0.515. The highest BCUT2D eigenvalue weighted by Gasteiger charge is 2.28. The molecular formula is C19H17FN6O3. The number of rotatable bonds is 6. The van der Waals surface area contributed by atoms with Gasteiger partial charge in [-0.05, 0) is 26.0 Å². The molecule has 148 valence electrons. The van der Waals surface area contributed by atoms with E-state index in [0.29, 0.717) is 12.2 Å². The fraction of sp³-hybridized carbons (Fsp3) is 0.211. The third-order valence-electron chi connectivity index (χ3n) is 3.96. The molecular weight excluding hydrogens is 379 g/mol. The number of halogens is 1. The number of ether oxygens (including phenoxy) is 1. The van der Waals surface area contributed by atoms with Crippen LogP contribution in [-0.2, 0) is 11.3 Å². The number of benzene rings is 1. The third kappa shape index (κ3) is 3.84. The van der Waals surface area contributed by atoms with E-state index in [1.807, 2.05) is 6.07 Å². The van der Waals surface area contributed by atoms with E-state index < -0.39 is 23.4 Å². The van der Waals surface area contributed by atoms with Gasteiger partial charge in [-0.3, -0.25) is 9.48 Å². The zero-order valence-electron chi connectivity index (χ0n) is 15.7. The Labute approximate surface area is 165 Å². The predicted molar refractivity (Wildman–Crippen MR) is 100 cm³/mol. The highest BCUT2D eigenvalue weighted by Crippen LogP contribution is 2.25. The number of amides is 1. The first-order chi connectivity index (χ1) is 14.0. The molecule has 2 heterocycles. The van der Waals surface area contributed by atoms with Crippen LogP contribution in [-0.4, -0.2) is 38.0 Å². The number of esters is 1. The van der Waals surface area contributed by atoms with Crippen LogP contribution < -0.4 is 5.32 Å². The number of aromatic nitrogens is 4. The molecule has 29 heavy (non-hydrogen) atoms. The molecule has 0 atom stereocenters. The van der Waals surface area contributed by atoms with E-state index in [0.717, 1.165) is 6.20 Å². The van der Waals surface area contributed by atoms with Crippen LogP contribution in [0.25, 0.3) is 5.69 Å². The first-order valence-electron chi connectivity index (χ1n) is 8.80. The fourth-order valence-corrected chi connectivity index (χ4v) is 2.62. The van der Waals surface area contributed by atoms with Crippen molar-refractivity contribution in [1.82, 2.24) is 19.6 Å². The summed E-state index contributed by atoms with van der Waals surface area (Å²) in [5, 5.41) is 20.1. The van der Waals surface area contributed by atoms with Gasteiger partial charge in [0.1, 0.15) is 11.8 Å². The van der Waals surface area contributed by atoms with Crippen LogP contribution in [0.5, 0.6) is 0 Å². The second kappa shape index (κ2) is 8.35. The molecule has 0 radical (unpaired) electrons. The minimum absolute atomic E-state index is 0.0713. The molecule has 1 amide bonds. The Morgan fingerprint density at radius 2 is 1.93 bits per heavy atom. The van der Waals surface area contributed by atoms with Gasteiger partial charge in [-0.2, -0.15) is 15.5 Å². The zero-order valence-corrected chi connectivity index (χ0v) is 15.7. The average Bonchev–Trinajstić information content (AvgIpc) is 3.29. The number of hydrogen-bond acceptors (Lipinski definition) is 6. The van der Waals surface area contributed by atoms with E-state index >= 15 is 0 Å². The Bertz CT molecular complexity index is 1100. The summed E-state index contributed by atoms with van der Waals surface area (Å²) >= 11 is 0. The van der Waals surface area contributed by atoms with E-state index in [2.05, 4.69) is 15.5 Å². The van der Waals surface area contributed by atoms with Gasteiger partial charge >= 0.3 is 5.97 Å². The summed E-state index contributed by atoms with van der Waals surface area (Å²) in [6, 6.07) is 10.5. The Morgan fingerprint density at radius 1 is 1.21 bits per heavy atom. The van der Waals surface area contributed by atoms with Gasteiger partial charge in [0.05, 0.1) is 18.5 Å². The molecule has 3 aromatic rings. The van der Waals surface area contributed by atoms with Gasteiger partial charge in [-0.1, -0.05) is 18.2 Å². The van der Waals surface area contributed by atoms with Gasteiger partial charge in [-0.25, -0.2) is 13.9 Å². The van der Waals surface area contributed by atoms with Crippen molar-refractivity contribution in [3.05, 3.63) is 59.4 Å². The molecule has 2 aromatic heterocycles. The van der Waals surface area contributed by atoms with Crippen molar-refractivity contribution in [3.63, 3.8) is 0 Å². The van der Waals surface area contributed by atoms with Gasteiger partial charge in [-0.15, -0.1) is 0 Å². The van der Waals surface area contributed by atoms with Crippen molar-refractivity contribution in [2.45, 2.75) is 20.4 Å². The lowest BCUT2D eigenvalue weighted by atomic mass is 10.2. The maximum absolute atomic E-state index is 14.1. The lowest BCUT2D eigenvalue weighted by Crippen LogP contribution is -2.18. The van der Waals surface area contributed by atoms with Gasteiger partial charge in [0.25, 0.3) is 5.91 Å². The smallest absolute Gasteiger partial charge is 0.361 e. The van der Waals surface area contributed by atoms with Gasteiger partial charge in [0.2, 0.25) is 0 Å². The van der Waals surface area contributed by atoms with Crippen molar-refractivity contribution in [2.24, 2.45) is 0 Å². The minimum Gasteiger partial charge on any atom is -0.461 e. The van der Waals surface area contributed by atoms with Crippen LogP contribution in [0.15, 0.2) is 36.5 Å². The van der Waals surface area contributed by atoms with Crippen molar-refractivity contribution < 1.29 is 18.7 Å². The van der Waals surface area contributed by atoms with Crippen LogP contribution in [0.2, 0.25) is 0 Å². The van der Waals surface area contributed by atoms with Crippen LogP contribution in [0, 0.1) is 17.1 Å². The summed E-state index contributed by atoms with van der Waals surface area (Å²) in [6.45, 7) is 3.79. The van der Waals surface area contributed by atoms with Gasteiger partial charge in [0, 0.05) is 6.54 Å². The molecule has 0 fully saturated rings. The van der Waals surface area contributed by atoms with E-state index in [1.165, 1.54) is 9.36 Å². The molecule has 1 N–H and O–H groups in total. The number of hydrogen-bond donors (Lipinski definition) is 1. The third-order valence-corrected chi connectivity index (χ3v) is 3.96. The largest absolute Gasteiger partial charge is 0.461 e. The number of nitrogens with zero attached hydrogens (tertiary/aromatic N) is 5. The molecule has 0 spiro atoms. The number of carbonyl (C=O) groups excluding carboxylic acids is 2. The van der Waals surface area contributed by atoms with E-state index in [9.17, 15) is 19.2 Å². The molecule has 0 saturated carbocycles. The van der Waals surface area contributed by atoms with Crippen LogP contribution in [0.4, 0.5) is 10.1 Å². The van der Waals surface area contributed by atoms with Crippen molar-refractivity contribution >= 4 is 17.6 Å². The Balaban J connectivity index is 2.09. The maximum Gasteiger partial charge on any atom is 0.361 e. The first kappa shape index (κ1) is 19.8. The number of nitriles is 1. The van der Waals surface area contributed by atoms with Gasteiger partial charge < -0.3 is 10.1 Å². The summed E-state index contributed by atoms with van der Waals surface area (Å²) in [5.74, 6) is -2.56. The van der Waals surface area contributed by atoms with Crippen LogP contribution in [0.1, 0.15) is 40.5 Å². The van der Waals surface area contributed by atoms with E-state index in [1.54, 1.807) is 44.2 Å². The predicted octanol–water partition coefficient (Wildman–Crippen LogP) is 2.53. The molecule has 0 aliphatic rings. The topological polar surface area (TPSA) is 115 Å². The minimum atomic E-state index is -0.913. The van der Waals surface area contributed by atoms with E-state index in [4.69, 9.17) is 4.74 Å². The maximum atomic E-state index is 14.1. The zero-order chi connectivity index (χ0) is 21.0. The fourth-order valence-electron chi connectivity index (χ4n) is 2.62. The number of para-hydroxylation sites is 1. The molecule has 10 heteroatoms. The monoisotopic (exact) mass is 396 g/mol. The Hall–Kier alpha value is -4.00. The highest BCUT2D eigenvalue weighted by atomic mass is 19.1. The molecule has 0 aliphatic carbocycles. The summed E-state index contributed by atoms with van der Waals surface area (Å²) < 4.78 is 21.5. The molecule has 1 aromatic carbocycles. The number of carbonyl (C=O) groups is 2. The molecule has 0 saturated heterocycles. The SMILES string of the molecule is CCOC(=O)c1nn(-c2ccccc2)c(C#N)c1NC(=O)c1nn(CC)cc1F. The standard InChI is InChI=1S/C19H17FN6O3/c1-3-25-11-13(20)15(23-25)18(27)22-16-14(10-21)26(12-8-6-5-7-9-12)24-17(16)19(28)29-4-2/h5-9,11H,3-4H2,1-2H3,(H,22,27). The molecule has 3 rings (SSSR count). The average molecular weight is 396 g/mol. The lowest BCUT2D eigenvalue weighted by Gasteiger charge is -2.05. The molecule has 9 nitrogen and oxygen atoms in total. The highest BCUT2D eigenvalue weighted by molar-refractivity contribution is 6.07.